The minimum Gasteiger partial charge on any atom is -0.399 e. The molecule has 1 aromatic heterocycles. The van der Waals surface area contributed by atoms with Crippen LogP contribution in [0.15, 0.2) is 36.5 Å². The molecule has 0 saturated carbocycles. The molecule has 0 aliphatic heterocycles. The maximum atomic E-state index is 5.85. The summed E-state index contributed by atoms with van der Waals surface area (Å²) in [5, 5.41) is 0. The van der Waals surface area contributed by atoms with E-state index >= 15 is 0 Å². The van der Waals surface area contributed by atoms with Crippen LogP contribution in [-0.2, 0) is 6.42 Å². The lowest BCUT2D eigenvalue weighted by Gasteiger charge is -2.06. The number of rotatable bonds is 2. The van der Waals surface area contributed by atoms with Crippen molar-refractivity contribution in [2.24, 2.45) is 0 Å². The first-order valence-electron chi connectivity index (χ1n) is 4.99. The molecule has 16 heavy (non-hydrogen) atoms. The van der Waals surface area contributed by atoms with Gasteiger partial charge in [0.1, 0.15) is 5.82 Å². The van der Waals surface area contributed by atoms with E-state index in [1.54, 1.807) is 12.3 Å². The van der Waals surface area contributed by atoms with Crippen molar-refractivity contribution < 1.29 is 0 Å². The zero-order valence-electron chi connectivity index (χ0n) is 8.85. The van der Waals surface area contributed by atoms with E-state index in [4.69, 9.17) is 17.2 Å². The maximum absolute atomic E-state index is 5.85. The van der Waals surface area contributed by atoms with Gasteiger partial charge in [-0.2, -0.15) is 0 Å². The van der Waals surface area contributed by atoms with E-state index in [0.717, 1.165) is 23.2 Å². The van der Waals surface area contributed by atoms with Gasteiger partial charge in [-0.1, -0.05) is 12.1 Å². The number of nitrogens with zero attached hydrogens (tertiary/aromatic N) is 1. The number of hydrogen-bond acceptors (Lipinski definition) is 4. The molecule has 82 valence electrons. The van der Waals surface area contributed by atoms with E-state index in [-0.39, 0.29) is 0 Å². The normalized spacial score (nSPS) is 10.2. The van der Waals surface area contributed by atoms with Crippen molar-refractivity contribution in [2.75, 3.05) is 17.2 Å². The molecule has 0 atom stereocenters. The molecule has 4 heteroatoms. The van der Waals surface area contributed by atoms with Gasteiger partial charge in [0.2, 0.25) is 0 Å². The lowest BCUT2D eigenvalue weighted by Crippen LogP contribution is -2.00. The Kier molecular flexibility index (Phi) is 2.64. The monoisotopic (exact) mass is 214 g/mol. The zero-order valence-corrected chi connectivity index (χ0v) is 8.85. The fourth-order valence-corrected chi connectivity index (χ4v) is 1.52. The van der Waals surface area contributed by atoms with Gasteiger partial charge in [0, 0.05) is 30.1 Å². The van der Waals surface area contributed by atoms with E-state index < -0.39 is 0 Å². The van der Waals surface area contributed by atoms with Crippen LogP contribution in [0.5, 0.6) is 0 Å². The highest BCUT2D eigenvalue weighted by molar-refractivity contribution is 5.54. The molecule has 0 fully saturated rings. The summed E-state index contributed by atoms with van der Waals surface area (Å²) < 4.78 is 0. The predicted octanol–water partition coefficient (Wildman–Crippen LogP) is 1.42. The topological polar surface area (TPSA) is 90.9 Å². The summed E-state index contributed by atoms with van der Waals surface area (Å²) in [6.07, 6.45) is 2.44. The molecule has 0 saturated heterocycles. The third-order valence-corrected chi connectivity index (χ3v) is 2.42. The molecule has 1 heterocycles. The molecule has 0 aliphatic carbocycles. The maximum Gasteiger partial charge on any atom is 0.125 e. The smallest absolute Gasteiger partial charge is 0.125 e. The molecular formula is C12H14N4. The average molecular weight is 214 g/mol. The van der Waals surface area contributed by atoms with E-state index in [1.165, 1.54) is 0 Å². The first kappa shape index (κ1) is 10.3. The predicted molar refractivity (Wildman–Crippen MR) is 66.7 cm³/mol. The summed E-state index contributed by atoms with van der Waals surface area (Å²) in [4.78, 5) is 4.03. The van der Waals surface area contributed by atoms with Gasteiger partial charge in [0.25, 0.3) is 0 Å². The largest absolute Gasteiger partial charge is 0.399 e. The van der Waals surface area contributed by atoms with E-state index in [0.29, 0.717) is 11.5 Å². The number of aromatic nitrogens is 1. The van der Waals surface area contributed by atoms with Crippen molar-refractivity contribution in [1.82, 2.24) is 4.98 Å². The molecule has 0 amide bonds. The van der Waals surface area contributed by atoms with E-state index in [2.05, 4.69) is 4.98 Å². The van der Waals surface area contributed by atoms with Gasteiger partial charge in [-0.3, -0.25) is 0 Å². The molecule has 6 N–H and O–H groups in total. The van der Waals surface area contributed by atoms with Gasteiger partial charge in [-0.05, 0) is 23.3 Å². The number of hydrogen-bond donors (Lipinski definition) is 3. The highest BCUT2D eigenvalue weighted by Gasteiger charge is 2.02. The Morgan fingerprint density at radius 2 is 1.69 bits per heavy atom. The van der Waals surface area contributed by atoms with Crippen LogP contribution in [0.2, 0.25) is 0 Å². The van der Waals surface area contributed by atoms with Crippen LogP contribution in [0.25, 0.3) is 0 Å². The molecule has 0 bridgehead atoms. The van der Waals surface area contributed by atoms with Gasteiger partial charge in [-0.25, -0.2) is 4.98 Å². The minimum absolute atomic E-state index is 0.443. The number of nitrogen functional groups attached to an aromatic ring is 3. The molecule has 0 unspecified atom stereocenters. The van der Waals surface area contributed by atoms with E-state index in [9.17, 15) is 0 Å². The summed E-state index contributed by atoms with van der Waals surface area (Å²) in [5.41, 5.74) is 20.5. The average Bonchev–Trinajstić information content (AvgIpc) is 2.25. The van der Waals surface area contributed by atoms with Crippen molar-refractivity contribution in [1.29, 1.82) is 0 Å². The van der Waals surface area contributed by atoms with Crippen LogP contribution in [0.3, 0.4) is 0 Å². The zero-order chi connectivity index (χ0) is 11.5. The number of nitrogens with two attached hydrogens (primary N) is 3. The molecule has 0 radical (unpaired) electrons. The second-order valence-electron chi connectivity index (χ2n) is 3.73. The molecular weight excluding hydrogens is 200 g/mol. The molecule has 2 rings (SSSR count). The van der Waals surface area contributed by atoms with Gasteiger partial charge >= 0.3 is 0 Å². The van der Waals surface area contributed by atoms with Crippen molar-refractivity contribution in [3.8, 4) is 0 Å². The van der Waals surface area contributed by atoms with Gasteiger partial charge < -0.3 is 17.2 Å². The van der Waals surface area contributed by atoms with Crippen LogP contribution in [0.4, 0.5) is 17.2 Å². The van der Waals surface area contributed by atoms with Gasteiger partial charge in [-0.15, -0.1) is 0 Å². The van der Waals surface area contributed by atoms with Crippen LogP contribution < -0.4 is 17.2 Å². The third-order valence-electron chi connectivity index (χ3n) is 2.42. The first-order valence-corrected chi connectivity index (χ1v) is 4.99. The Hall–Kier alpha value is -2.23. The lowest BCUT2D eigenvalue weighted by molar-refractivity contribution is 1.15. The summed E-state index contributed by atoms with van der Waals surface area (Å²) in [6.45, 7) is 0. The molecule has 1 aromatic carbocycles. The van der Waals surface area contributed by atoms with Gasteiger partial charge in [0.15, 0.2) is 0 Å². The van der Waals surface area contributed by atoms with Crippen molar-refractivity contribution in [3.05, 3.63) is 47.7 Å². The van der Waals surface area contributed by atoms with Crippen LogP contribution >= 0.6 is 0 Å². The summed E-state index contributed by atoms with van der Waals surface area (Å²) in [5.74, 6) is 0.443. The van der Waals surface area contributed by atoms with Crippen molar-refractivity contribution in [2.45, 2.75) is 6.42 Å². The Bertz CT molecular complexity index is 491. The Morgan fingerprint density at radius 1 is 1.00 bits per heavy atom. The minimum atomic E-state index is 0.443. The van der Waals surface area contributed by atoms with Crippen LogP contribution in [0, 0.1) is 0 Å². The van der Waals surface area contributed by atoms with Crippen LogP contribution in [0.1, 0.15) is 11.1 Å². The van der Waals surface area contributed by atoms with Crippen LogP contribution in [-0.4, -0.2) is 4.98 Å². The second-order valence-corrected chi connectivity index (χ2v) is 3.73. The summed E-state index contributed by atoms with van der Waals surface area (Å²) in [7, 11) is 0. The lowest BCUT2D eigenvalue weighted by atomic mass is 10.1. The van der Waals surface area contributed by atoms with Gasteiger partial charge in [0.05, 0.1) is 0 Å². The summed E-state index contributed by atoms with van der Waals surface area (Å²) >= 11 is 0. The highest BCUT2D eigenvalue weighted by atomic mass is 14.8. The Morgan fingerprint density at radius 3 is 2.31 bits per heavy atom. The fourth-order valence-electron chi connectivity index (χ4n) is 1.52. The SMILES string of the molecule is Nc1ccc(Cc2cnc(N)cc2N)cc1. The second kappa shape index (κ2) is 4.10. The quantitative estimate of drug-likeness (QED) is 0.659. The third kappa shape index (κ3) is 2.23. The molecule has 2 aromatic rings. The van der Waals surface area contributed by atoms with Crippen molar-refractivity contribution in [3.63, 3.8) is 0 Å². The Labute approximate surface area is 94.1 Å². The van der Waals surface area contributed by atoms with Crippen molar-refractivity contribution >= 4 is 17.2 Å². The fraction of sp³-hybridized carbons (Fsp3) is 0.0833. The standard InChI is InChI=1S/C12H14N4/c13-10-3-1-8(2-4-10)5-9-7-16-12(15)6-11(9)14/h1-4,6-7H,5,13H2,(H4,14,15,16). The number of benzene rings is 1. The van der Waals surface area contributed by atoms with E-state index in [1.807, 2.05) is 24.3 Å². The summed E-state index contributed by atoms with van der Waals surface area (Å²) in [6, 6.07) is 9.37. The Balaban J connectivity index is 2.23. The number of anilines is 3. The first-order chi connectivity index (χ1) is 7.65. The molecule has 0 spiro atoms. The number of pyridine rings is 1. The molecule has 0 aliphatic rings. The highest BCUT2D eigenvalue weighted by Crippen LogP contribution is 2.17. The molecule has 4 nitrogen and oxygen atoms in total.